The summed E-state index contributed by atoms with van der Waals surface area (Å²) in [5.74, 6) is -1.46. The van der Waals surface area contributed by atoms with Crippen molar-refractivity contribution in [3.05, 3.63) is 72.2 Å². The summed E-state index contributed by atoms with van der Waals surface area (Å²) in [4.78, 5) is 23.8. The zero-order valence-electron chi connectivity index (χ0n) is 12.1. The summed E-state index contributed by atoms with van der Waals surface area (Å²) in [6.07, 6.45) is 1.80. The first kappa shape index (κ1) is 14.8. The Bertz CT molecular complexity index is 873. The van der Waals surface area contributed by atoms with E-state index in [9.17, 15) is 14.0 Å². The Labute approximate surface area is 131 Å². The highest BCUT2D eigenvalue weighted by atomic mass is 19.1. The van der Waals surface area contributed by atoms with E-state index in [1.807, 2.05) is 30.3 Å². The second-order valence-corrected chi connectivity index (χ2v) is 5.02. The van der Waals surface area contributed by atoms with Crippen LogP contribution >= 0.6 is 0 Å². The molecule has 0 fully saturated rings. The zero-order valence-corrected chi connectivity index (χ0v) is 12.1. The monoisotopic (exact) mass is 311 g/mol. The van der Waals surface area contributed by atoms with Crippen molar-refractivity contribution in [2.24, 2.45) is 0 Å². The highest BCUT2D eigenvalue weighted by Gasteiger charge is 2.09. The summed E-state index contributed by atoms with van der Waals surface area (Å²) < 4.78 is 14.8. The molecule has 0 atom stereocenters. The first-order valence-electron chi connectivity index (χ1n) is 7.02. The van der Waals surface area contributed by atoms with E-state index in [-0.39, 0.29) is 18.0 Å². The maximum atomic E-state index is 13.1. The molecule has 0 saturated heterocycles. The molecule has 23 heavy (non-hydrogen) atoms. The van der Waals surface area contributed by atoms with E-state index in [1.165, 1.54) is 18.2 Å². The van der Waals surface area contributed by atoms with Crippen LogP contribution in [0.5, 0.6) is 0 Å². The molecule has 1 aromatic heterocycles. The number of hydrazine groups is 1. The first-order valence-corrected chi connectivity index (χ1v) is 7.02. The minimum absolute atomic E-state index is 0.0664. The third-order valence-corrected chi connectivity index (χ3v) is 3.40. The molecule has 116 valence electrons. The van der Waals surface area contributed by atoms with Crippen LogP contribution in [0.4, 0.5) is 4.39 Å². The fraction of sp³-hybridized carbons (Fsp3) is 0.0588. The van der Waals surface area contributed by atoms with E-state index >= 15 is 0 Å². The van der Waals surface area contributed by atoms with Crippen molar-refractivity contribution in [2.75, 3.05) is 0 Å². The van der Waals surface area contributed by atoms with Gasteiger partial charge in [0.25, 0.3) is 11.8 Å². The molecular weight excluding hydrogens is 297 g/mol. The molecule has 2 N–H and O–H groups in total. The van der Waals surface area contributed by atoms with Crippen LogP contribution in [-0.4, -0.2) is 16.4 Å². The van der Waals surface area contributed by atoms with Crippen LogP contribution in [0.15, 0.2) is 60.8 Å². The second kappa shape index (κ2) is 6.31. The Morgan fingerprint density at radius 1 is 1.00 bits per heavy atom. The highest BCUT2D eigenvalue weighted by molar-refractivity contribution is 5.95. The van der Waals surface area contributed by atoms with Crippen LogP contribution in [0.3, 0.4) is 0 Å². The van der Waals surface area contributed by atoms with E-state index in [2.05, 4.69) is 10.9 Å². The van der Waals surface area contributed by atoms with E-state index < -0.39 is 11.7 Å². The number of nitrogens with one attached hydrogen (secondary N) is 2. The SMILES string of the molecule is O=C(Cn1ccc2ccccc21)NNC(=O)c1cccc(F)c1. The minimum Gasteiger partial charge on any atom is -0.338 e. The number of aromatic nitrogens is 1. The van der Waals surface area contributed by atoms with Crippen LogP contribution in [-0.2, 0) is 11.3 Å². The van der Waals surface area contributed by atoms with Gasteiger partial charge in [-0.25, -0.2) is 4.39 Å². The number of carbonyl (C=O) groups excluding carboxylic acids is 2. The lowest BCUT2D eigenvalue weighted by molar-refractivity contribution is -0.122. The largest absolute Gasteiger partial charge is 0.338 e. The summed E-state index contributed by atoms with van der Waals surface area (Å²) >= 11 is 0. The summed E-state index contributed by atoms with van der Waals surface area (Å²) in [7, 11) is 0. The van der Waals surface area contributed by atoms with E-state index in [0.29, 0.717) is 0 Å². The average Bonchev–Trinajstić information content (AvgIpc) is 2.96. The van der Waals surface area contributed by atoms with Gasteiger partial charge in [-0.15, -0.1) is 0 Å². The van der Waals surface area contributed by atoms with Crippen molar-refractivity contribution in [1.29, 1.82) is 0 Å². The molecule has 0 aliphatic rings. The molecule has 0 spiro atoms. The third kappa shape index (κ3) is 3.37. The molecule has 0 bridgehead atoms. The van der Waals surface area contributed by atoms with E-state index in [1.54, 1.807) is 10.8 Å². The number of halogens is 1. The van der Waals surface area contributed by atoms with Crippen molar-refractivity contribution in [1.82, 2.24) is 15.4 Å². The van der Waals surface area contributed by atoms with Gasteiger partial charge in [0, 0.05) is 17.3 Å². The van der Waals surface area contributed by atoms with Crippen molar-refractivity contribution in [2.45, 2.75) is 6.54 Å². The summed E-state index contributed by atoms with van der Waals surface area (Å²) in [5, 5.41) is 1.03. The zero-order chi connectivity index (χ0) is 16.2. The number of hydrogen-bond donors (Lipinski definition) is 2. The normalized spacial score (nSPS) is 10.5. The van der Waals surface area contributed by atoms with Gasteiger partial charge in [-0.05, 0) is 35.7 Å². The summed E-state index contributed by atoms with van der Waals surface area (Å²) in [5.41, 5.74) is 5.66. The smallest absolute Gasteiger partial charge is 0.269 e. The third-order valence-electron chi connectivity index (χ3n) is 3.40. The predicted molar refractivity (Wildman–Crippen MR) is 83.9 cm³/mol. The lowest BCUT2D eigenvalue weighted by atomic mass is 10.2. The van der Waals surface area contributed by atoms with Gasteiger partial charge in [0.05, 0.1) is 0 Å². The number of nitrogens with zero attached hydrogens (tertiary/aromatic N) is 1. The molecule has 3 aromatic rings. The van der Waals surface area contributed by atoms with Gasteiger partial charge in [0.15, 0.2) is 0 Å². The van der Waals surface area contributed by atoms with E-state index in [4.69, 9.17) is 0 Å². The molecule has 3 rings (SSSR count). The average molecular weight is 311 g/mol. The molecule has 0 saturated carbocycles. The van der Waals surface area contributed by atoms with Gasteiger partial charge in [-0.2, -0.15) is 0 Å². The highest BCUT2D eigenvalue weighted by Crippen LogP contribution is 2.14. The fourth-order valence-electron chi connectivity index (χ4n) is 2.30. The Morgan fingerprint density at radius 3 is 2.65 bits per heavy atom. The number of rotatable bonds is 3. The number of para-hydroxylation sites is 1. The number of benzene rings is 2. The summed E-state index contributed by atoms with van der Waals surface area (Å²) in [6.45, 7) is 0.0664. The predicted octanol–water partition coefficient (Wildman–Crippen LogP) is 2.24. The first-order chi connectivity index (χ1) is 11.1. The number of fused-ring (bicyclic) bond motifs is 1. The van der Waals surface area contributed by atoms with Crippen LogP contribution in [0.1, 0.15) is 10.4 Å². The topological polar surface area (TPSA) is 63.1 Å². The molecule has 2 amide bonds. The fourth-order valence-corrected chi connectivity index (χ4v) is 2.30. The molecule has 1 heterocycles. The van der Waals surface area contributed by atoms with E-state index in [0.717, 1.165) is 17.0 Å². The Morgan fingerprint density at radius 2 is 1.83 bits per heavy atom. The molecular formula is C17H14FN3O2. The maximum Gasteiger partial charge on any atom is 0.269 e. The van der Waals surface area contributed by atoms with Crippen LogP contribution in [0.2, 0.25) is 0 Å². The Kier molecular flexibility index (Phi) is 4.05. The Balaban J connectivity index is 1.60. The summed E-state index contributed by atoms with van der Waals surface area (Å²) in [6, 6.07) is 14.8. The van der Waals surface area contributed by atoms with Crippen LogP contribution in [0, 0.1) is 5.82 Å². The standard InChI is InChI=1S/C17H14FN3O2/c18-14-6-3-5-13(10-14)17(23)20-19-16(22)11-21-9-8-12-4-1-2-7-15(12)21/h1-10H,11H2,(H,19,22)(H,20,23). The lowest BCUT2D eigenvalue weighted by Crippen LogP contribution is -2.43. The number of amides is 2. The maximum absolute atomic E-state index is 13.1. The molecule has 0 radical (unpaired) electrons. The molecule has 0 aliphatic heterocycles. The van der Waals surface area contributed by atoms with Gasteiger partial charge < -0.3 is 4.57 Å². The van der Waals surface area contributed by atoms with Gasteiger partial charge in [0.1, 0.15) is 12.4 Å². The molecule has 6 heteroatoms. The van der Waals surface area contributed by atoms with Crippen molar-refractivity contribution < 1.29 is 14.0 Å². The van der Waals surface area contributed by atoms with Gasteiger partial charge in [-0.1, -0.05) is 24.3 Å². The molecule has 2 aromatic carbocycles. The lowest BCUT2D eigenvalue weighted by Gasteiger charge is -2.09. The van der Waals surface area contributed by atoms with Crippen LogP contribution in [0.25, 0.3) is 10.9 Å². The number of carbonyl (C=O) groups is 2. The van der Waals surface area contributed by atoms with Crippen molar-refractivity contribution in [3.63, 3.8) is 0 Å². The van der Waals surface area contributed by atoms with Crippen molar-refractivity contribution >= 4 is 22.7 Å². The number of hydrogen-bond acceptors (Lipinski definition) is 2. The Hall–Kier alpha value is -3.15. The van der Waals surface area contributed by atoms with Crippen molar-refractivity contribution in [3.8, 4) is 0 Å². The molecule has 5 nitrogen and oxygen atoms in total. The second-order valence-electron chi connectivity index (χ2n) is 5.02. The van der Waals surface area contributed by atoms with Gasteiger partial charge in [-0.3, -0.25) is 20.4 Å². The van der Waals surface area contributed by atoms with Gasteiger partial charge in [0.2, 0.25) is 0 Å². The molecule has 0 unspecified atom stereocenters. The minimum atomic E-state index is -0.574. The molecule has 0 aliphatic carbocycles. The van der Waals surface area contributed by atoms with Gasteiger partial charge >= 0.3 is 0 Å². The van der Waals surface area contributed by atoms with Crippen LogP contribution < -0.4 is 10.9 Å². The quantitative estimate of drug-likeness (QED) is 0.729.